The van der Waals surface area contributed by atoms with Gasteiger partial charge in [0.1, 0.15) is 5.58 Å². The van der Waals surface area contributed by atoms with Crippen molar-refractivity contribution in [3.8, 4) is 0 Å². The molecule has 3 aromatic rings. The average molecular weight is 369 g/mol. The smallest absolute Gasteiger partial charge is 0.416 e. The highest BCUT2D eigenvalue weighted by molar-refractivity contribution is 9.10. The van der Waals surface area contributed by atoms with Gasteiger partial charge < -0.3 is 4.42 Å². The topological polar surface area (TPSA) is 30.2 Å². The van der Waals surface area contributed by atoms with Crippen LogP contribution in [-0.2, 0) is 6.18 Å². The van der Waals surface area contributed by atoms with E-state index in [2.05, 4.69) is 15.9 Å². The fourth-order valence-corrected chi connectivity index (χ4v) is 2.58. The Hall–Kier alpha value is -2.08. The molecule has 1 aromatic heterocycles. The van der Waals surface area contributed by atoms with Crippen LogP contribution < -0.4 is 0 Å². The number of carbonyl (C=O) groups excluding carboxylic acids is 1. The van der Waals surface area contributed by atoms with Crippen molar-refractivity contribution >= 4 is 32.7 Å². The zero-order valence-corrected chi connectivity index (χ0v) is 12.5. The molecule has 0 bridgehead atoms. The molecule has 0 unspecified atom stereocenters. The zero-order chi connectivity index (χ0) is 15.9. The third kappa shape index (κ3) is 2.66. The van der Waals surface area contributed by atoms with Gasteiger partial charge in [-0.1, -0.05) is 24.3 Å². The molecule has 3 rings (SSSR count). The van der Waals surface area contributed by atoms with Crippen LogP contribution in [0.4, 0.5) is 13.2 Å². The summed E-state index contributed by atoms with van der Waals surface area (Å²) in [5.41, 5.74) is -0.446. The SMILES string of the molecule is O=C(c1cccc(C(F)(F)F)c1)c1cc2cccc(Br)c2o1. The van der Waals surface area contributed by atoms with Gasteiger partial charge >= 0.3 is 6.18 Å². The van der Waals surface area contributed by atoms with Gasteiger partial charge in [0.05, 0.1) is 10.0 Å². The standard InChI is InChI=1S/C16H8BrF3O2/c17-12-6-2-4-10-8-13(22-15(10)12)14(21)9-3-1-5-11(7-9)16(18,19)20/h1-8H. The van der Waals surface area contributed by atoms with Gasteiger partial charge in [-0.15, -0.1) is 0 Å². The largest absolute Gasteiger partial charge is 0.451 e. The van der Waals surface area contributed by atoms with Gasteiger partial charge in [0, 0.05) is 10.9 Å². The Balaban J connectivity index is 2.04. The Morgan fingerprint density at radius 2 is 1.77 bits per heavy atom. The summed E-state index contributed by atoms with van der Waals surface area (Å²) in [5, 5.41) is 0.699. The molecule has 2 nitrogen and oxygen atoms in total. The van der Waals surface area contributed by atoms with E-state index in [4.69, 9.17) is 4.42 Å². The lowest BCUT2D eigenvalue weighted by molar-refractivity contribution is -0.137. The number of carbonyl (C=O) groups is 1. The average Bonchev–Trinajstić information content (AvgIpc) is 2.91. The van der Waals surface area contributed by atoms with Gasteiger partial charge in [-0.05, 0) is 40.2 Å². The normalized spacial score (nSPS) is 11.8. The molecule has 0 atom stereocenters. The molecule has 112 valence electrons. The molecule has 6 heteroatoms. The molecule has 0 aliphatic carbocycles. The molecule has 0 radical (unpaired) electrons. The second-order valence-electron chi connectivity index (χ2n) is 4.68. The van der Waals surface area contributed by atoms with E-state index in [0.29, 0.717) is 15.4 Å². The summed E-state index contributed by atoms with van der Waals surface area (Å²) in [6, 6.07) is 11.1. The first kappa shape index (κ1) is 14.8. The van der Waals surface area contributed by atoms with Crippen molar-refractivity contribution in [2.45, 2.75) is 6.18 Å². The van der Waals surface area contributed by atoms with Gasteiger partial charge in [-0.25, -0.2) is 0 Å². The fraction of sp³-hybridized carbons (Fsp3) is 0.0625. The van der Waals surface area contributed by atoms with Crippen LogP contribution in [0.5, 0.6) is 0 Å². The molecule has 2 aromatic carbocycles. The number of hydrogen-bond donors (Lipinski definition) is 0. The van der Waals surface area contributed by atoms with E-state index in [1.165, 1.54) is 18.2 Å². The van der Waals surface area contributed by atoms with Gasteiger partial charge in [0.15, 0.2) is 5.76 Å². The maximum absolute atomic E-state index is 12.7. The van der Waals surface area contributed by atoms with E-state index in [-0.39, 0.29) is 11.3 Å². The van der Waals surface area contributed by atoms with Crippen LogP contribution in [-0.4, -0.2) is 5.78 Å². The van der Waals surface area contributed by atoms with E-state index in [0.717, 1.165) is 12.1 Å². The third-order valence-corrected chi connectivity index (χ3v) is 3.80. The number of para-hydroxylation sites is 1. The Morgan fingerprint density at radius 3 is 2.45 bits per heavy atom. The molecular weight excluding hydrogens is 361 g/mol. The first-order valence-electron chi connectivity index (χ1n) is 6.26. The van der Waals surface area contributed by atoms with E-state index in [9.17, 15) is 18.0 Å². The van der Waals surface area contributed by atoms with Gasteiger partial charge in [-0.3, -0.25) is 4.79 Å². The molecule has 0 N–H and O–H groups in total. The number of furan rings is 1. The molecule has 0 aliphatic heterocycles. The number of halogens is 4. The number of ketones is 1. The first-order valence-corrected chi connectivity index (χ1v) is 7.05. The van der Waals surface area contributed by atoms with Crippen molar-refractivity contribution < 1.29 is 22.4 Å². The lowest BCUT2D eigenvalue weighted by atomic mass is 10.1. The van der Waals surface area contributed by atoms with Crippen molar-refractivity contribution in [2.75, 3.05) is 0 Å². The quantitative estimate of drug-likeness (QED) is 0.563. The second kappa shape index (κ2) is 5.28. The van der Waals surface area contributed by atoms with Crippen molar-refractivity contribution in [3.63, 3.8) is 0 Å². The van der Waals surface area contributed by atoms with Gasteiger partial charge in [-0.2, -0.15) is 13.2 Å². The summed E-state index contributed by atoms with van der Waals surface area (Å²) in [6.45, 7) is 0. The van der Waals surface area contributed by atoms with E-state index in [1.807, 2.05) is 0 Å². The number of alkyl halides is 3. The van der Waals surface area contributed by atoms with E-state index < -0.39 is 17.5 Å². The summed E-state index contributed by atoms with van der Waals surface area (Å²) < 4.78 is 44.3. The maximum Gasteiger partial charge on any atom is 0.416 e. The molecule has 22 heavy (non-hydrogen) atoms. The first-order chi connectivity index (χ1) is 10.4. The molecule has 0 aliphatic rings. The van der Waals surface area contributed by atoms with E-state index in [1.54, 1.807) is 18.2 Å². The van der Waals surface area contributed by atoms with Crippen LogP contribution in [0.15, 0.2) is 57.4 Å². The molecule has 0 saturated carbocycles. The number of benzene rings is 2. The number of hydrogen-bond acceptors (Lipinski definition) is 2. The number of rotatable bonds is 2. The van der Waals surface area contributed by atoms with Crippen LogP contribution in [0.1, 0.15) is 21.7 Å². The summed E-state index contributed by atoms with van der Waals surface area (Å²) in [6.07, 6.45) is -4.49. The third-order valence-electron chi connectivity index (χ3n) is 3.17. The molecule has 1 heterocycles. The number of fused-ring (bicyclic) bond motifs is 1. The fourth-order valence-electron chi connectivity index (χ4n) is 2.12. The van der Waals surface area contributed by atoms with Crippen molar-refractivity contribution in [2.24, 2.45) is 0 Å². The lowest BCUT2D eigenvalue weighted by Crippen LogP contribution is -2.07. The molecule has 0 saturated heterocycles. The van der Waals surface area contributed by atoms with Crippen LogP contribution in [0.2, 0.25) is 0 Å². The summed E-state index contributed by atoms with van der Waals surface area (Å²) in [7, 11) is 0. The van der Waals surface area contributed by atoms with Crippen molar-refractivity contribution in [1.82, 2.24) is 0 Å². The van der Waals surface area contributed by atoms with Crippen LogP contribution in [0.25, 0.3) is 11.0 Å². The zero-order valence-electron chi connectivity index (χ0n) is 10.9. The predicted octanol–water partition coefficient (Wildman–Crippen LogP) is 5.45. The minimum atomic E-state index is -4.49. The molecule has 0 spiro atoms. The highest BCUT2D eigenvalue weighted by Crippen LogP contribution is 2.31. The monoisotopic (exact) mass is 368 g/mol. The van der Waals surface area contributed by atoms with Crippen molar-refractivity contribution in [3.05, 3.63) is 69.9 Å². The van der Waals surface area contributed by atoms with Crippen LogP contribution in [0.3, 0.4) is 0 Å². The minimum Gasteiger partial charge on any atom is -0.451 e. The Bertz CT molecular complexity index is 865. The Kier molecular flexibility index (Phi) is 3.56. The maximum atomic E-state index is 12.7. The Morgan fingerprint density at radius 1 is 1.05 bits per heavy atom. The summed E-state index contributed by atoms with van der Waals surface area (Å²) >= 11 is 3.30. The van der Waals surface area contributed by atoms with Crippen LogP contribution >= 0.6 is 15.9 Å². The molecular formula is C16H8BrF3O2. The van der Waals surface area contributed by atoms with Gasteiger partial charge in [0.2, 0.25) is 5.78 Å². The molecule has 0 fully saturated rings. The predicted molar refractivity (Wildman–Crippen MR) is 78.8 cm³/mol. The summed E-state index contributed by atoms with van der Waals surface area (Å²) in [5.74, 6) is -0.588. The molecule has 0 amide bonds. The minimum absolute atomic E-state index is 0.00113. The van der Waals surface area contributed by atoms with E-state index >= 15 is 0 Å². The van der Waals surface area contributed by atoms with Crippen molar-refractivity contribution in [1.29, 1.82) is 0 Å². The second-order valence-corrected chi connectivity index (χ2v) is 5.53. The lowest BCUT2D eigenvalue weighted by Gasteiger charge is -2.07. The summed E-state index contributed by atoms with van der Waals surface area (Å²) in [4.78, 5) is 12.3. The Labute approximate surface area is 131 Å². The highest BCUT2D eigenvalue weighted by atomic mass is 79.9. The highest BCUT2D eigenvalue weighted by Gasteiger charge is 2.31. The van der Waals surface area contributed by atoms with Crippen LogP contribution in [0, 0.1) is 0 Å². The van der Waals surface area contributed by atoms with Gasteiger partial charge in [0.25, 0.3) is 0 Å².